The molecule has 0 aliphatic rings. The summed E-state index contributed by atoms with van der Waals surface area (Å²) in [5, 5.41) is 2.92. The lowest BCUT2D eigenvalue weighted by Crippen LogP contribution is -2.12. The van der Waals surface area contributed by atoms with Gasteiger partial charge in [0.2, 0.25) is 5.91 Å². The van der Waals surface area contributed by atoms with E-state index in [1.54, 1.807) is 18.9 Å². The summed E-state index contributed by atoms with van der Waals surface area (Å²) in [6.45, 7) is 0.549. The van der Waals surface area contributed by atoms with Crippen LogP contribution in [0.3, 0.4) is 0 Å². The SMILES string of the molecule is COCc1cccc(NC(=O)CCSc2ccccc2)c1. The number of anilines is 1. The summed E-state index contributed by atoms with van der Waals surface area (Å²) in [5.41, 5.74) is 1.87. The zero-order valence-electron chi connectivity index (χ0n) is 12.0. The van der Waals surface area contributed by atoms with Crippen LogP contribution in [0, 0.1) is 0 Å². The molecule has 0 spiro atoms. The van der Waals surface area contributed by atoms with Crippen molar-refractivity contribution in [3.8, 4) is 0 Å². The normalized spacial score (nSPS) is 10.3. The summed E-state index contributed by atoms with van der Waals surface area (Å²) < 4.78 is 5.09. The van der Waals surface area contributed by atoms with Gasteiger partial charge in [0.15, 0.2) is 0 Å². The van der Waals surface area contributed by atoms with Gasteiger partial charge in [-0.3, -0.25) is 4.79 Å². The van der Waals surface area contributed by atoms with E-state index in [9.17, 15) is 4.79 Å². The summed E-state index contributed by atoms with van der Waals surface area (Å²) in [7, 11) is 1.66. The molecule has 21 heavy (non-hydrogen) atoms. The Balaban J connectivity index is 1.78. The van der Waals surface area contributed by atoms with Gasteiger partial charge in [0.25, 0.3) is 0 Å². The lowest BCUT2D eigenvalue weighted by atomic mass is 10.2. The van der Waals surface area contributed by atoms with E-state index in [1.165, 1.54) is 4.90 Å². The van der Waals surface area contributed by atoms with Crippen molar-refractivity contribution in [2.75, 3.05) is 18.2 Å². The summed E-state index contributed by atoms with van der Waals surface area (Å²) in [6, 6.07) is 17.8. The third-order valence-electron chi connectivity index (χ3n) is 2.86. The van der Waals surface area contributed by atoms with Crippen molar-refractivity contribution in [1.82, 2.24) is 0 Å². The van der Waals surface area contributed by atoms with Crippen molar-refractivity contribution in [1.29, 1.82) is 0 Å². The number of carbonyl (C=O) groups is 1. The van der Waals surface area contributed by atoms with Crippen LogP contribution in [0.5, 0.6) is 0 Å². The van der Waals surface area contributed by atoms with Crippen LogP contribution in [0.25, 0.3) is 0 Å². The van der Waals surface area contributed by atoms with Gasteiger partial charge in [-0.2, -0.15) is 0 Å². The smallest absolute Gasteiger partial charge is 0.225 e. The predicted molar refractivity (Wildman–Crippen MR) is 87.6 cm³/mol. The van der Waals surface area contributed by atoms with Crippen LogP contribution < -0.4 is 5.32 Å². The van der Waals surface area contributed by atoms with Crippen molar-refractivity contribution in [2.24, 2.45) is 0 Å². The third kappa shape index (κ3) is 5.61. The summed E-state index contributed by atoms with van der Waals surface area (Å²) in [4.78, 5) is 13.1. The maximum atomic E-state index is 11.9. The molecule has 1 amide bonds. The second-order valence-corrected chi connectivity index (χ2v) is 5.76. The van der Waals surface area contributed by atoms with Gasteiger partial charge in [0.05, 0.1) is 6.61 Å². The molecule has 3 nitrogen and oxygen atoms in total. The number of ether oxygens (including phenoxy) is 1. The van der Waals surface area contributed by atoms with Crippen molar-refractivity contribution in [3.05, 3.63) is 60.2 Å². The van der Waals surface area contributed by atoms with E-state index >= 15 is 0 Å². The molecule has 0 bridgehead atoms. The Morgan fingerprint density at radius 3 is 2.71 bits per heavy atom. The molecule has 0 heterocycles. The molecule has 0 unspecified atom stereocenters. The average molecular weight is 301 g/mol. The number of nitrogens with one attached hydrogen (secondary N) is 1. The quantitative estimate of drug-likeness (QED) is 0.787. The van der Waals surface area contributed by atoms with Crippen LogP contribution in [-0.4, -0.2) is 18.8 Å². The summed E-state index contributed by atoms with van der Waals surface area (Å²) in [6.07, 6.45) is 0.494. The number of rotatable bonds is 7. The first-order chi connectivity index (χ1) is 10.3. The maximum Gasteiger partial charge on any atom is 0.225 e. The molecule has 2 aromatic rings. The van der Waals surface area contributed by atoms with E-state index in [1.807, 2.05) is 42.5 Å². The van der Waals surface area contributed by atoms with Gasteiger partial charge >= 0.3 is 0 Å². The zero-order valence-corrected chi connectivity index (χ0v) is 12.9. The third-order valence-corrected chi connectivity index (χ3v) is 3.88. The average Bonchev–Trinajstić information content (AvgIpc) is 2.49. The molecule has 0 fully saturated rings. The highest BCUT2D eigenvalue weighted by Crippen LogP contribution is 2.18. The second kappa shape index (κ2) is 8.49. The maximum absolute atomic E-state index is 11.9. The minimum atomic E-state index is 0.0352. The van der Waals surface area contributed by atoms with E-state index in [2.05, 4.69) is 17.4 Å². The molecule has 0 aliphatic heterocycles. The van der Waals surface area contributed by atoms with Gasteiger partial charge < -0.3 is 10.1 Å². The van der Waals surface area contributed by atoms with Gasteiger partial charge in [0, 0.05) is 29.9 Å². The lowest BCUT2D eigenvalue weighted by molar-refractivity contribution is -0.115. The summed E-state index contributed by atoms with van der Waals surface area (Å²) in [5.74, 6) is 0.807. The molecule has 0 aromatic heterocycles. The highest BCUT2D eigenvalue weighted by molar-refractivity contribution is 7.99. The molecule has 110 valence electrons. The van der Waals surface area contributed by atoms with Crippen LogP contribution in [0.4, 0.5) is 5.69 Å². The Hall–Kier alpha value is -1.78. The van der Waals surface area contributed by atoms with E-state index in [-0.39, 0.29) is 5.91 Å². The minimum Gasteiger partial charge on any atom is -0.380 e. The van der Waals surface area contributed by atoms with E-state index in [4.69, 9.17) is 4.74 Å². The van der Waals surface area contributed by atoms with Gasteiger partial charge in [-0.15, -0.1) is 11.8 Å². The fraction of sp³-hybridized carbons (Fsp3) is 0.235. The molecular formula is C17H19NO2S. The number of thioether (sulfide) groups is 1. The highest BCUT2D eigenvalue weighted by Gasteiger charge is 2.03. The Labute approximate surface area is 129 Å². The van der Waals surface area contributed by atoms with Crippen molar-refractivity contribution in [2.45, 2.75) is 17.9 Å². The van der Waals surface area contributed by atoms with Crippen LogP contribution >= 0.6 is 11.8 Å². The van der Waals surface area contributed by atoms with Gasteiger partial charge in [-0.05, 0) is 29.8 Å². The van der Waals surface area contributed by atoms with E-state index < -0.39 is 0 Å². The van der Waals surface area contributed by atoms with Crippen molar-refractivity contribution >= 4 is 23.4 Å². The lowest BCUT2D eigenvalue weighted by Gasteiger charge is -2.07. The monoisotopic (exact) mass is 301 g/mol. The number of hydrogen-bond acceptors (Lipinski definition) is 3. The molecule has 4 heteroatoms. The number of benzene rings is 2. The van der Waals surface area contributed by atoms with Gasteiger partial charge in [-0.1, -0.05) is 30.3 Å². The predicted octanol–water partition coefficient (Wildman–Crippen LogP) is 3.95. The Bertz CT molecular complexity index is 572. The Kier molecular flexibility index (Phi) is 6.31. The molecule has 0 saturated heterocycles. The van der Waals surface area contributed by atoms with Gasteiger partial charge in [-0.25, -0.2) is 0 Å². The molecule has 0 radical (unpaired) electrons. The standard InChI is InChI=1S/C17H19NO2S/c1-20-13-14-6-5-7-15(12-14)18-17(19)10-11-21-16-8-3-2-4-9-16/h2-9,12H,10-11,13H2,1H3,(H,18,19). The molecule has 0 aliphatic carbocycles. The van der Waals surface area contributed by atoms with Crippen LogP contribution in [0.2, 0.25) is 0 Å². The fourth-order valence-electron chi connectivity index (χ4n) is 1.91. The molecule has 0 atom stereocenters. The van der Waals surface area contributed by atoms with Crippen LogP contribution in [0.1, 0.15) is 12.0 Å². The van der Waals surface area contributed by atoms with Crippen molar-refractivity contribution in [3.63, 3.8) is 0 Å². The molecule has 2 aromatic carbocycles. The first-order valence-electron chi connectivity index (χ1n) is 6.83. The topological polar surface area (TPSA) is 38.3 Å². The van der Waals surface area contributed by atoms with Gasteiger partial charge in [0.1, 0.15) is 0 Å². The largest absolute Gasteiger partial charge is 0.380 e. The van der Waals surface area contributed by atoms with Crippen LogP contribution in [0.15, 0.2) is 59.5 Å². The first kappa shape index (κ1) is 15.6. The van der Waals surface area contributed by atoms with Crippen molar-refractivity contribution < 1.29 is 9.53 Å². The highest BCUT2D eigenvalue weighted by atomic mass is 32.2. The fourth-order valence-corrected chi connectivity index (χ4v) is 2.78. The number of methoxy groups -OCH3 is 1. The zero-order chi connectivity index (χ0) is 14.9. The molecular weight excluding hydrogens is 282 g/mol. The number of carbonyl (C=O) groups excluding carboxylic acids is 1. The first-order valence-corrected chi connectivity index (χ1v) is 7.82. The van der Waals surface area contributed by atoms with E-state index in [0.29, 0.717) is 13.0 Å². The number of amides is 1. The molecule has 2 rings (SSSR count). The minimum absolute atomic E-state index is 0.0352. The molecule has 0 saturated carbocycles. The summed E-state index contributed by atoms with van der Waals surface area (Å²) >= 11 is 1.69. The molecule has 1 N–H and O–H groups in total. The Morgan fingerprint density at radius 2 is 1.95 bits per heavy atom. The second-order valence-electron chi connectivity index (χ2n) is 4.59. The van der Waals surface area contributed by atoms with Crippen LogP contribution in [-0.2, 0) is 16.1 Å². The van der Waals surface area contributed by atoms with E-state index in [0.717, 1.165) is 17.0 Å². The Morgan fingerprint density at radius 1 is 1.14 bits per heavy atom. The number of hydrogen-bond donors (Lipinski definition) is 1.